The van der Waals surface area contributed by atoms with Crippen LogP contribution in [0.15, 0.2) is 0 Å². The van der Waals surface area contributed by atoms with Crippen LogP contribution in [0.4, 0.5) is 0 Å². The first-order valence-electron chi connectivity index (χ1n) is 3.56. The van der Waals surface area contributed by atoms with Crippen LogP contribution in [0.3, 0.4) is 0 Å². The molecule has 1 saturated heterocycles. The summed E-state index contributed by atoms with van der Waals surface area (Å²) < 4.78 is 4.88. The van der Waals surface area contributed by atoms with Crippen LogP contribution in [-0.4, -0.2) is 56.9 Å². The van der Waals surface area contributed by atoms with E-state index in [0.717, 1.165) is 0 Å². The van der Waals surface area contributed by atoms with Gasteiger partial charge in [-0.1, -0.05) is 0 Å². The SMILES string of the molecule is OC[C@@H]1O[C@H](S)[C@H](O)[C@H](O)[C@@H]1O. The third-order valence-corrected chi connectivity index (χ3v) is 2.29. The maximum Gasteiger partial charge on any atom is 0.129 e. The summed E-state index contributed by atoms with van der Waals surface area (Å²) in [5.74, 6) is 0. The Morgan fingerprint density at radius 1 is 1.08 bits per heavy atom. The summed E-state index contributed by atoms with van der Waals surface area (Å²) in [7, 11) is 0. The lowest BCUT2D eigenvalue weighted by Gasteiger charge is -2.37. The first-order chi connectivity index (χ1) is 5.57. The van der Waals surface area contributed by atoms with Crippen molar-refractivity contribution in [2.24, 2.45) is 0 Å². The standard InChI is InChI=1S/C6H12O5S/c7-1-2-3(8)4(9)5(10)6(12)11-2/h2-10,12H,1H2/t2-,3+,4+,5+,6+/m0/s1. The molecule has 0 aliphatic carbocycles. The average molecular weight is 196 g/mol. The molecule has 5 nitrogen and oxygen atoms in total. The largest absolute Gasteiger partial charge is 0.394 e. The van der Waals surface area contributed by atoms with E-state index in [-0.39, 0.29) is 0 Å². The molecule has 1 aliphatic heterocycles. The van der Waals surface area contributed by atoms with Gasteiger partial charge in [-0.2, -0.15) is 0 Å². The maximum absolute atomic E-state index is 9.20. The number of aliphatic hydroxyl groups excluding tert-OH is 4. The Kier molecular flexibility index (Phi) is 3.33. The Morgan fingerprint density at radius 2 is 1.67 bits per heavy atom. The Bertz CT molecular complexity index is 150. The van der Waals surface area contributed by atoms with E-state index in [9.17, 15) is 10.2 Å². The van der Waals surface area contributed by atoms with Gasteiger partial charge in [0.1, 0.15) is 29.9 Å². The van der Waals surface area contributed by atoms with Gasteiger partial charge in [-0.05, 0) is 0 Å². The van der Waals surface area contributed by atoms with Crippen molar-refractivity contribution in [3.8, 4) is 0 Å². The molecule has 0 amide bonds. The van der Waals surface area contributed by atoms with Crippen LogP contribution in [0.2, 0.25) is 0 Å². The van der Waals surface area contributed by atoms with Crippen LogP contribution < -0.4 is 0 Å². The molecule has 0 saturated carbocycles. The van der Waals surface area contributed by atoms with Gasteiger partial charge in [-0.15, -0.1) is 12.6 Å². The predicted molar refractivity (Wildman–Crippen MR) is 42.8 cm³/mol. The molecule has 0 aromatic rings. The van der Waals surface area contributed by atoms with Crippen molar-refractivity contribution < 1.29 is 25.2 Å². The fourth-order valence-corrected chi connectivity index (χ4v) is 1.41. The topological polar surface area (TPSA) is 90.2 Å². The second-order valence-corrected chi connectivity index (χ2v) is 3.23. The first-order valence-corrected chi connectivity index (χ1v) is 4.08. The summed E-state index contributed by atoms with van der Waals surface area (Å²) in [6, 6.07) is 0. The zero-order valence-corrected chi connectivity index (χ0v) is 7.13. The number of ether oxygens (including phenoxy) is 1. The average Bonchev–Trinajstić information content (AvgIpc) is 2.08. The maximum atomic E-state index is 9.20. The van der Waals surface area contributed by atoms with Gasteiger partial charge in [-0.25, -0.2) is 0 Å². The van der Waals surface area contributed by atoms with Gasteiger partial charge in [-0.3, -0.25) is 0 Å². The molecule has 72 valence electrons. The molecular weight excluding hydrogens is 184 g/mol. The number of aliphatic hydroxyl groups is 4. The minimum absolute atomic E-state index is 0.415. The molecule has 12 heavy (non-hydrogen) atoms. The monoisotopic (exact) mass is 196 g/mol. The Morgan fingerprint density at radius 3 is 2.17 bits per heavy atom. The summed E-state index contributed by atoms with van der Waals surface area (Å²) in [6.45, 7) is -0.415. The van der Waals surface area contributed by atoms with E-state index in [1.165, 1.54) is 0 Å². The van der Waals surface area contributed by atoms with Gasteiger partial charge < -0.3 is 25.2 Å². The van der Waals surface area contributed by atoms with Crippen molar-refractivity contribution in [2.75, 3.05) is 6.61 Å². The second-order valence-electron chi connectivity index (χ2n) is 2.72. The minimum Gasteiger partial charge on any atom is -0.394 e. The zero-order chi connectivity index (χ0) is 9.30. The molecule has 0 unspecified atom stereocenters. The zero-order valence-electron chi connectivity index (χ0n) is 6.24. The van der Waals surface area contributed by atoms with Crippen molar-refractivity contribution in [3.63, 3.8) is 0 Å². The lowest BCUT2D eigenvalue weighted by Crippen LogP contribution is -2.56. The molecule has 0 bridgehead atoms. The van der Waals surface area contributed by atoms with Crippen LogP contribution in [-0.2, 0) is 4.74 Å². The molecule has 0 radical (unpaired) electrons. The van der Waals surface area contributed by atoms with Crippen LogP contribution in [0.5, 0.6) is 0 Å². The van der Waals surface area contributed by atoms with Crippen LogP contribution >= 0.6 is 12.6 Å². The molecule has 0 aromatic carbocycles. The molecule has 1 rings (SSSR count). The van der Waals surface area contributed by atoms with Gasteiger partial charge in [0, 0.05) is 0 Å². The Hall–Kier alpha value is 0.150. The van der Waals surface area contributed by atoms with E-state index in [2.05, 4.69) is 12.6 Å². The van der Waals surface area contributed by atoms with Crippen LogP contribution in [0.1, 0.15) is 0 Å². The predicted octanol–water partition coefficient (Wildman–Crippen LogP) is -2.28. The highest BCUT2D eigenvalue weighted by Gasteiger charge is 2.41. The van der Waals surface area contributed by atoms with E-state index in [0.29, 0.717) is 0 Å². The summed E-state index contributed by atoms with van der Waals surface area (Å²) in [5, 5.41) is 36.2. The van der Waals surface area contributed by atoms with Crippen LogP contribution in [0.25, 0.3) is 0 Å². The van der Waals surface area contributed by atoms with Crippen molar-refractivity contribution in [1.82, 2.24) is 0 Å². The van der Waals surface area contributed by atoms with E-state index in [4.69, 9.17) is 14.9 Å². The third kappa shape index (κ3) is 1.73. The van der Waals surface area contributed by atoms with Gasteiger partial charge in [0.05, 0.1) is 6.61 Å². The lowest BCUT2D eigenvalue weighted by atomic mass is 10.0. The summed E-state index contributed by atoms with van der Waals surface area (Å²) in [4.78, 5) is 0. The van der Waals surface area contributed by atoms with E-state index in [1.54, 1.807) is 0 Å². The van der Waals surface area contributed by atoms with Crippen LogP contribution in [0, 0.1) is 0 Å². The molecular formula is C6H12O5S. The molecule has 0 spiro atoms. The molecule has 1 heterocycles. The van der Waals surface area contributed by atoms with E-state index >= 15 is 0 Å². The molecule has 6 heteroatoms. The van der Waals surface area contributed by atoms with Gasteiger partial charge in [0.25, 0.3) is 0 Å². The second kappa shape index (κ2) is 3.91. The quantitative estimate of drug-likeness (QED) is 0.305. The third-order valence-electron chi connectivity index (χ3n) is 1.87. The van der Waals surface area contributed by atoms with E-state index < -0.39 is 36.5 Å². The number of thiol groups is 1. The molecule has 4 N–H and O–H groups in total. The molecule has 5 atom stereocenters. The fourth-order valence-electron chi connectivity index (χ4n) is 1.08. The van der Waals surface area contributed by atoms with Gasteiger partial charge >= 0.3 is 0 Å². The fraction of sp³-hybridized carbons (Fsp3) is 1.00. The van der Waals surface area contributed by atoms with Crippen molar-refractivity contribution in [2.45, 2.75) is 29.9 Å². The highest BCUT2D eigenvalue weighted by molar-refractivity contribution is 7.80. The summed E-state index contributed by atoms with van der Waals surface area (Å²) in [6.07, 6.45) is -4.70. The molecule has 1 aliphatic rings. The number of hydrogen-bond acceptors (Lipinski definition) is 6. The van der Waals surface area contributed by atoms with Crippen molar-refractivity contribution >= 4 is 12.6 Å². The number of hydrogen-bond donors (Lipinski definition) is 5. The molecule has 1 fully saturated rings. The Balaban J connectivity index is 2.63. The lowest BCUT2D eigenvalue weighted by molar-refractivity contribution is -0.205. The normalized spacial score (nSPS) is 49.2. The smallest absolute Gasteiger partial charge is 0.129 e. The number of rotatable bonds is 1. The Labute approximate surface area is 75.0 Å². The van der Waals surface area contributed by atoms with Crippen molar-refractivity contribution in [3.05, 3.63) is 0 Å². The molecule has 0 aromatic heterocycles. The van der Waals surface area contributed by atoms with Gasteiger partial charge in [0.2, 0.25) is 0 Å². The first kappa shape index (κ1) is 10.2. The van der Waals surface area contributed by atoms with E-state index in [1.807, 2.05) is 0 Å². The highest BCUT2D eigenvalue weighted by atomic mass is 32.1. The minimum atomic E-state index is -1.32. The van der Waals surface area contributed by atoms with Crippen molar-refractivity contribution in [1.29, 1.82) is 0 Å². The highest BCUT2D eigenvalue weighted by Crippen LogP contribution is 2.22. The summed E-state index contributed by atoms with van der Waals surface area (Å²) in [5.41, 5.74) is -0.874. The summed E-state index contributed by atoms with van der Waals surface area (Å²) >= 11 is 3.81. The van der Waals surface area contributed by atoms with Gasteiger partial charge in [0.15, 0.2) is 0 Å².